The summed E-state index contributed by atoms with van der Waals surface area (Å²) in [4.78, 5) is 0. The van der Waals surface area contributed by atoms with Crippen LogP contribution >= 0.6 is 0 Å². The summed E-state index contributed by atoms with van der Waals surface area (Å²) in [6, 6.07) is 23.5. The molecular weight excluding hydrogens is 485 g/mol. The van der Waals surface area contributed by atoms with Gasteiger partial charge in [0.05, 0.1) is 5.52 Å². The maximum Gasteiger partial charge on any atom is 0.256 e. The molecular formula is C37H40BNO. The van der Waals surface area contributed by atoms with Crippen LogP contribution in [0.1, 0.15) is 84.6 Å². The third-order valence-electron chi connectivity index (χ3n) is 9.13. The van der Waals surface area contributed by atoms with Gasteiger partial charge < -0.3 is 9.30 Å². The molecule has 5 aromatic rings. The van der Waals surface area contributed by atoms with Gasteiger partial charge >= 0.3 is 0 Å². The standard InChI is InChI=1S/C37H40BNO/c1-21-15-30-33-32(16-21)40-31-14-12-23(36(5,6)7)19-27(31)38(33)28-20-24(37(8,9)10)18-26-25-17-22(35(2,3)4)11-13-29(25)39(30)34(26)28/h11-20H,1-10H3. The second-order valence-electron chi connectivity index (χ2n) is 15.3. The van der Waals surface area contributed by atoms with Crippen molar-refractivity contribution in [2.75, 3.05) is 0 Å². The molecule has 202 valence electrons. The molecule has 7 rings (SSSR count). The first-order valence-corrected chi connectivity index (χ1v) is 14.7. The van der Waals surface area contributed by atoms with E-state index in [0.29, 0.717) is 0 Å². The van der Waals surface area contributed by atoms with Crippen LogP contribution in [0.5, 0.6) is 11.5 Å². The summed E-state index contributed by atoms with van der Waals surface area (Å²) in [5.74, 6) is 1.97. The number of rotatable bonds is 0. The van der Waals surface area contributed by atoms with E-state index in [-0.39, 0.29) is 23.0 Å². The van der Waals surface area contributed by atoms with Gasteiger partial charge in [-0.15, -0.1) is 0 Å². The third kappa shape index (κ3) is 3.56. The van der Waals surface area contributed by atoms with E-state index in [1.54, 1.807) is 0 Å². The van der Waals surface area contributed by atoms with Crippen molar-refractivity contribution in [1.29, 1.82) is 0 Å². The topological polar surface area (TPSA) is 14.2 Å². The Morgan fingerprint density at radius 1 is 0.600 bits per heavy atom. The van der Waals surface area contributed by atoms with Crippen molar-refractivity contribution in [3.8, 4) is 17.2 Å². The van der Waals surface area contributed by atoms with Crippen LogP contribution in [0.25, 0.3) is 27.5 Å². The van der Waals surface area contributed by atoms with Gasteiger partial charge in [-0.25, -0.2) is 0 Å². The Morgan fingerprint density at radius 3 is 1.88 bits per heavy atom. The average molecular weight is 526 g/mol. The first kappa shape index (κ1) is 25.5. The van der Waals surface area contributed by atoms with Crippen LogP contribution in [0.15, 0.2) is 60.7 Å². The van der Waals surface area contributed by atoms with Crippen LogP contribution in [-0.2, 0) is 16.2 Å². The van der Waals surface area contributed by atoms with Crippen molar-refractivity contribution in [3.05, 3.63) is 82.9 Å². The van der Waals surface area contributed by atoms with Crippen molar-refractivity contribution in [2.24, 2.45) is 0 Å². The van der Waals surface area contributed by atoms with E-state index in [1.165, 1.54) is 66.1 Å². The molecule has 0 unspecified atom stereocenters. The van der Waals surface area contributed by atoms with Crippen LogP contribution in [0.4, 0.5) is 0 Å². The van der Waals surface area contributed by atoms with Gasteiger partial charge in [-0.05, 0) is 98.2 Å². The van der Waals surface area contributed by atoms with Crippen molar-refractivity contribution in [1.82, 2.24) is 4.57 Å². The van der Waals surface area contributed by atoms with Crippen LogP contribution < -0.4 is 21.1 Å². The summed E-state index contributed by atoms with van der Waals surface area (Å²) in [6.07, 6.45) is 0. The Hall–Kier alpha value is -3.46. The summed E-state index contributed by atoms with van der Waals surface area (Å²) >= 11 is 0. The summed E-state index contributed by atoms with van der Waals surface area (Å²) in [7, 11) is 0. The molecule has 4 aromatic carbocycles. The largest absolute Gasteiger partial charge is 0.458 e. The minimum absolute atomic E-state index is 0.0262. The number of fused-ring (bicyclic) bond motifs is 7. The maximum atomic E-state index is 6.72. The van der Waals surface area contributed by atoms with E-state index in [4.69, 9.17) is 4.74 Å². The fraction of sp³-hybridized carbons (Fsp3) is 0.351. The van der Waals surface area contributed by atoms with E-state index in [0.717, 1.165) is 11.5 Å². The van der Waals surface area contributed by atoms with Gasteiger partial charge in [0.1, 0.15) is 11.5 Å². The molecule has 2 aliphatic heterocycles. The highest BCUT2D eigenvalue weighted by Gasteiger charge is 2.41. The molecule has 2 nitrogen and oxygen atoms in total. The smallest absolute Gasteiger partial charge is 0.256 e. The lowest BCUT2D eigenvalue weighted by Gasteiger charge is -2.35. The fourth-order valence-electron chi connectivity index (χ4n) is 6.78. The SMILES string of the molecule is Cc1cc2c3c(c1)-n1c4ccc(C(C)(C)C)cc4c4cc(C(C)(C)C)cc(c41)B3c1cc(C(C)(C)C)ccc1O2. The van der Waals surface area contributed by atoms with Gasteiger partial charge in [0, 0.05) is 22.0 Å². The average Bonchev–Trinajstić information content (AvgIpc) is 3.18. The molecule has 0 saturated carbocycles. The number of hydrogen-bond donors (Lipinski definition) is 0. The normalized spacial score (nSPS) is 14.4. The minimum atomic E-state index is 0.0262. The zero-order valence-corrected chi connectivity index (χ0v) is 25.7. The van der Waals surface area contributed by atoms with Gasteiger partial charge in [0.25, 0.3) is 6.71 Å². The Bertz CT molecular complexity index is 1890. The number of aryl methyl sites for hydroxylation is 1. The zero-order chi connectivity index (χ0) is 28.5. The van der Waals surface area contributed by atoms with Gasteiger partial charge in [0.15, 0.2) is 0 Å². The summed E-state index contributed by atoms with van der Waals surface area (Å²) in [6.45, 7) is 23.1. The molecule has 0 bridgehead atoms. The van der Waals surface area contributed by atoms with Crippen LogP contribution in [-0.4, -0.2) is 11.3 Å². The molecule has 0 fully saturated rings. The lowest BCUT2D eigenvalue weighted by molar-refractivity contribution is 0.485. The number of benzene rings is 4. The maximum absolute atomic E-state index is 6.72. The molecule has 40 heavy (non-hydrogen) atoms. The minimum Gasteiger partial charge on any atom is -0.458 e. The van der Waals surface area contributed by atoms with E-state index in [2.05, 4.69) is 134 Å². The Morgan fingerprint density at radius 2 is 1.20 bits per heavy atom. The van der Waals surface area contributed by atoms with Crippen molar-refractivity contribution in [3.63, 3.8) is 0 Å². The molecule has 2 aliphatic rings. The molecule has 0 atom stereocenters. The molecule has 0 saturated heterocycles. The lowest BCUT2D eigenvalue weighted by Crippen LogP contribution is -2.58. The molecule has 3 heteroatoms. The van der Waals surface area contributed by atoms with E-state index >= 15 is 0 Å². The van der Waals surface area contributed by atoms with E-state index in [1.807, 2.05) is 0 Å². The van der Waals surface area contributed by atoms with Gasteiger partial charge in [0.2, 0.25) is 0 Å². The van der Waals surface area contributed by atoms with Gasteiger partial charge in [-0.3, -0.25) is 0 Å². The second kappa shape index (κ2) is 7.84. The number of nitrogens with zero attached hydrogens (tertiary/aromatic N) is 1. The van der Waals surface area contributed by atoms with E-state index in [9.17, 15) is 0 Å². The van der Waals surface area contributed by atoms with Gasteiger partial charge in [-0.1, -0.05) is 86.6 Å². The Balaban J connectivity index is 1.68. The molecule has 0 spiro atoms. The van der Waals surface area contributed by atoms with Crippen LogP contribution in [0.2, 0.25) is 0 Å². The predicted molar refractivity (Wildman–Crippen MR) is 173 cm³/mol. The zero-order valence-electron chi connectivity index (χ0n) is 25.7. The third-order valence-corrected chi connectivity index (χ3v) is 9.13. The van der Waals surface area contributed by atoms with Gasteiger partial charge in [-0.2, -0.15) is 0 Å². The molecule has 0 amide bonds. The fourth-order valence-corrected chi connectivity index (χ4v) is 6.78. The highest BCUT2D eigenvalue weighted by atomic mass is 16.5. The highest BCUT2D eigenvalue weighted by molar-refractivity contribution is 6.99. The number of aromatic nitrogens is 1. The molecule has 1 aromatic heterocycles. The quantitative estimate of drug-likeness (QED) is 0.184. The van der Waals surface area contributed by atoms with E-state index < -0.39 is 0 Å². The first-order chi connectivity index (χ1) is 18.6. The molecule has 0 radical (unpaired) electrons. The summed E-state index contributed by atoms with van der Waals surface area (Å²) in [5.41, 5.74) is 13.3. The first-order valence-electron chi connectivity index (χ1n) is 14.7. The van der Waals surface area contributed by atoms with Crippen molar-refractivity contribution >= 4 is 44.9 Å². The lowest BCUT2D eigenvalue weighted by atomic mass is 9.34. The van der Waals surface area contributed by atoms with Crippen LogP contribution in [0, 0.1) is 6.92 Å². The molecule has 0 aliphatic carbocycles. The van der Waals surface area contributed by atoms with Crippen LogP contribution in [0.3, 0.4) is 0 Å². The second-order valence-corrected chi connectivity index (χ2v) is 15.3. The predicted octanol–water partition coefficient (Wildman–Crippen LogP) is 7.92. The monoisotopic (exact) mass is 525 g/mol. The molecule has 3 heterocycles. The summed E-state index contributed by atoms with van der Waals surface area (Å²) in [5, 5.41) is 2.70. The van der Waals surface area contributed by atoms with Crippen molar-refractivity contribution < 1.29 is 4.74 Å². The van der Waals surface area contributed by atoms with Crippen molar-refractivity contribution in [2.45, 2.75) is 85.5 Å². The Kier molecular flexibility index (Phi) is 5.00. The molecule has 0 N–H and O–H groups in total. The number of ether oxygens (including phenoxy) is 1. The summed E-state index contributed by atoms with van der Waals surface area (Å²) < 4.78 is 9.25. The Labute approximate surface area is 239 Å². The number of hydrogen-bond acceptors (Lipinski definition) is 1. The highest BCUT2D eigenvalue weighted by Crippen LogP contribution is 2.41.